The average Bonchev–Trinajstić information content (AvgIpc) is 3.36. The van der Waals surface area contributed by atoms with Gasteiger partial charge in [0.15, 0.2) is 0 Å². The molecular formula is C36H49Cl2N5O7. The maximum absolute atomic E-state index is 14.4. The molecule has 14 heteroatoms. The maximum Gasteiger partial charge on any atom is 0.408 e. The van der Waals surface area contributed by atoms with E-state index >= 15 is 0 Å². The molecule has 4 rings (SSSR count). The molecule has 0 aromatic heterocycles. The zero-order chi connectivity index (χ0) is 37.2. The van der Waals surface area contributed by atoms with Crippen LogP contribution >= 0.6 is 23.2 Å². The molecule has 1 aromatic rings. The number of likely N-dealkylation sites (tertiary alicyclic amines) is 1. The number of Topliss-reactive ketones (excluding diaryl/α,β-unsaturated/α-hetero) is 1. The van der Waals surface area contributed by atoms with Crippen molar-refractivity contribution in [2.24, 2.45) is 17.8 Å². The molecule has 1 aliphatic heterocycles. The smallest absolute Gasteiger partial charge is 0.408 e. The molecule has 0 spiro atoms. The molecule has 4 N–H and O–H groups in total. The number of hydrogen-bond acceptors (Lipinski definition) is 7. The number of ketones is 1. The molecule has 50 heavy (non-hydrogen) atoms. The maximum atomic E-state index is 14.4. The van der Waals surface area contributed by atoms with Gasteiger partial charge in [-0.2, -0.15) is 0 Å². The largest absolute Gasteiger partial charge is 0.444 e. The van der Waals surface area contributed by atoms with E-state index in [9.17, 15) is 28.8 Å². The molecule has 5 amide bonds. The molecule has 1 aromatic carbocycles. The fraction of sp³-hybridized carbons (Fsp3) is 0.611. The quantitative estimate of drug-likeness (QED) is 0.137. The van der Waals surface area contributed by atoms with Crippen molar-refractivity contribution in [3.8, 4) is 0 Å². The lowest BCUT2D eigenvalue weighted by Crippen LogP contribution is -2.60. The zero-order valence-corrected chi connectivity index (χ0v) is 31.1. The third-order valence-corrected chi connectivity index (χ3v) is 10.1. The molecule has 1 heterocycles. The Morgan fingerprint density at radius 1 is 1.02 bits per heavy atom. The SMILES string of the molecule is C=CCC[C@H](NC(=O)[C@@H]1[C@H]2[C@@H](CN1C(=O)C(NC(=O)OC(C)(C)C)C1Cc3ccccc3C1)C2(Cl)Cl)C(=O)C(=O)NCCC(=O)NC(C)(C)C. The van der Waals surface area contributed by atoms with Crippen LogP contribution in [0.15, 0.2) is 36.9 Å². The highest BCUT2D eigenvalue weighted by Gasteiger charge is 2.74. The second-order valence-electron chi connectivity index (χ2n) is 15.4. The number of fused-ring (bicyclic) bond motifs is 2. The summed E-state index contributed by atoms with van der Waals surface area (Å²) in [6, 6.07) is 4.35. The van der Waals surface area contributed by atoms with Gasteiger partial charge in [-0.15, -0.1) is 29.8 Å². The monoisotopic (exact) mass is 733 g/mol. The molecule has 3 aliphatic rings. The van der Waals surface area contributed by atoms with Crippen molar-refractivity contribution < 1.29 is 33.5 Å². The molecule has 274 valence electrons. The minimum Gasteiger partial charge on any atom is -0.444 e. The van der Waals surface area contributed by atoms with Crippen LogP contribution in [-0.2, 0) is 41.6 Å². The Labute approximate surface area is 303 Å². The molecule has 12 nitrogen and oxygen atoms in total. The first kappa shape index (κ1) is 39.2. The Morgan fingerprint density at radius 2 is 1.64 bits per heavy atom. The second-order valence-corrected chi connectivity index (χ2v) is 16.8. The lowest BCUT2D eigenvalue weighted by atomic mass is 9.94. The topological polar surface area (TPSA) is 163 Å². The minimum absolute atomic E-state index is 0.0414. The Hall–Kier alpha value is -3.64. The van der Waals surface area contributed by atoms with Crippen LogP contribution in [0, 0.1) is 17.8 Å². The first-order chi connectivity index (χ1) is 23.2. The van der Waals surface area contributed by atoms with Crippen LogP contribution in [0.4, 0.5) is 4.79 Å². The van der Waals surface area contributed by atoms with Crippen LogP contribution in [0.2, 0.25) is 0 Å². The highest BCUT2D eigenvalue weighted by atomic mass is 35.5. The number of amides is 5. The third kappa shape index (κ3) is 9.57. The molecule has 1 unspecified atom stereocenters. The summed E-state index contributed by atoms with van der Waals surface area (Å²) in [6.45, 7) is 14.3. The highest BCUT2D eigenvalue weighted by Crippen LogP contribution is 2.65. The van der Waals surface area contributed by atoms with E-state index in [1.807, 2.05) is 45.0 Å². The van der Waals surface area contributed by atoms with Gasteiger partial charge < -0.3 is 30.9 Å². The normalized spacial score (nSPS) is 21.9. The molecule has 0 bridgehead atoms. The fourth-order valence-electron chi connectivity index (χ4n) is 6.78. The number of hydrogen-bond donors (Lipinski definition) is 4. The van der Waals surface area contributed by atoms with Crippen LogP contribution in [0.25, 0.3) is 0 Å². The second kappa shape index (κ2) is 15.3. The average molecular weight is 735 g/mol. The summed E-state index contributed by atoms with van der Waals surface area (Å²) < 4.78 is 4.23. The number of piperidine rings is 1. The number of nitrogens with one attached hydrogen (secondary N) is 4. The van der Waals surface area contributed by atoms with Crippen LogP contribution in [0.5, 0.6) is 0 Å². The Kier molecular flexibility index (Phi) is 12.0. The predicted octanol–water partition coefficient (Wildman–Crippen LogP) is 3.37. The summed E-state index contributed by atoms with van der Waals surface area (Å²) in [6.07, 6.45) is 2.17. The van der Waals surface area contributed by atoms with Gasteiger partial charge in [0.05, 0.1) is 6.04 Å². The number of nitrogens with zero attached hydrogens (tertiary/aromatic N) is 1. The van der Waals surface area contributed by atoms with E-state index in [1.54, 1.807) is 26.8 Å². The van der Waals surface area contributed by atoms with Crippen LogP contribution < -0.4 is 21.3 Å². The molecular weight excluding hydrogens is 685 g/mol. The van der Waals surface area contributed by atoms with Crippen molar-refractivity contribution in [1.82, 2.24) is 26.2 Å². The number of alkyl carbamates (subject to hydrolysis) is 1. The van der Waals surface area contributed by atoms with E-state index in [1.165, 1.54) is 4.90 Å². The first-order valence-corrected chi connectivity index (χ1v) is 17.8. The molecule has 2 aliphatic carbocycles. The number of allylic oxidation sites excluding steroid dienone is 1. The van der Waals surface area contributed by atoms with E-state index in [2.05, 4.69) is 27.8 Å². The van der Waals surface area contributed by atoms with Crippen molar-refractivity contribution in [3.05, 3.63) is 48.0 Å². The van der Waals surface area contributed by atoms with Crippen molar-refractivity contribution in [2.75, 3.05) is 13.1 Å². The lowest BCUT2D eigenvalue weighted by Gasteiger charge is -2.35. The van der Waals surface area contributed by atoms with Gasteiger partial charge in [0.25, 0.3) is 5.91 Å². The molecule has 2 fully saturated rings. The third-order valence-electron chi connectivity index (χ3n) is 9.04. The number of halogens is 2. The summed E-state index contributed by atoms with van der Waals surface area (Å²) in [7, 11) is 0. The molecule has 1 saturated carbocycles. The van der Waals surface area contributed by atoms with Crippen molar-refractivity contribution in [1.29, 1.82) is 0 Å². The summed E-state index contributed by atoms with van der Waals surface area (Å²) >= 11 is 13.2. The summed E-state index contributed by atoms with van der Waals surface area (Å²) in [5, 5.41) is 10.7. The van der Waals surface area contributed by atoms with Gasteiger partial charge in [0.2, 0.25) is 23.5 Å². The van der Waals surface area contributed by atoms with Gasteiger partial charge in [0, 0.05) is 36.9 Å². The predicted molar refractivity (Wildman–Crippen MR) is 189 cm³/mol. The zero-order valence-electron chi connectivity index (χ0n) is 29.6. The van der Waals surface area contributed by atoms with E-state index in [0.29, 0.717) is 19.3 Å². The number of ether oxygens (including phenoxy) is 1. The van der Waals surface area contributed by atoms with Crippen LogP contribution in [-0.4, -0.2) is 87.1 Å². The van der Waals surface area contributed by atoms with Gasteiger partial charge in [0.1, 0.15) is 22.0 Å². The standard InChI is InChI=1S/C36H49Cl2N5O7/c1-8-9-14-24(29(45)31(47)39-16-15-25(44)42-34(2,3)4)40-30(46)28-26-23(36(26,37)38)19-43(28)32(48)27(41-33(49)50-35(5,6)7)22-17-20-12-10-11-13-21(20)18-22/h8,10-13,22-24,26-28H,1,9,14-19H2,2-7H3,(H,39,47)(H,40,46)(H,41,49)(H,42,44)/t23-,24+,26-,27?,28+/m1/s1. The molecule has 1 saturated heterocycles. The van der Waals surface area contributed by atoms with Gasteiger partial charge >= 0.3 is 6.09 Å². The van der Waals surface area contributed by atoms with E-state index in [-0.39, 0.29) is 37.8 Å². The van der Waals surface area contributed by atoms with Crippen molar-refractivity contribution in [2.45, 2.75) is 107 Å². The van der Waals surface area contributed by atoms with Crippen molar-refractivity contribution in [3.63, 3.8) is 0 Å². The fourth-order valence-corrected chi connectivity index (χ4v) is 7.61. The Balaban J connectivity index is 1.52. The van der Waals surface area contributed by atoms with E-state index in [0.717, 1.165) is 11.1 Å². The van der Waals surface area contributed by atoms with Crippen LogP contribution in [0.3, 0.4) is 0 Å². The molecule has 5 atom stereocenters. The van der Waals surface area contributed by atoms with Crippen molar-refractivity contribution >= 4 is 58.7 Å². The number of carbonyl (C=O) groups excluding carboxylic acids is 6. The minimum atomic E-state index is -1.28. The summed E-state index contributed by atoms with van der Waals surface area (Å²) in [5.41, 5.74) is 0.863. The first-order valence-electron chi connectivity index (χ1n) is 17.0. The summed E-state index contributed by atoms with van der Waals surface area (Å²) in [4.78, 5) is 81.3. The van der Waals surface area contributed by atoms with Crippen LogP contribution in [0.1, 0.15) is 71.9 Å². The van der Waals surface area contributed by atoms with Gasteiger partial charge in [-0.05, 0) is 84.3 Å². The van der Waals surface area contributed by atoms with Gasteiger partial charge in [-0.3, -0.25) is 24.0 Å². The van der Waals surface area contributed by atoms with E-state index < -0.39 is 75.0 Å². The van der Waals surface area contributed by atoms with Gasteiger partial charge in [-0.25, -0.2) is 4.79 Å². The summed E-state index contributed by atoms with van der Waals surface area (Å²) in [5.74, 6) is -4.72. The number of alkyl halides is 2. The number of rotatable bonds is 13. The highest BCUT2D eigenvalue weighted by molar-refractivity contribution is 6.51. The Bertz CT molecular complexity index is 1490. The lowest BCUT2D eigenvalue weighted by molar-refractivity contribution is -0.144. The van der Waals surface area contributed by atoms with Gasteiger partial charge in [-0.1, -0.05) is 30.3 Å². The number of carbonyl (C=O) groups is 6. The van der Waals surface area contributed by atoms with E-state index in [4.69, 9.17) is 27.9 Å². The Morgan fingerprint density at radius 3 is 2.20 bits per heavy atom. The number of benzene rings is 1. The molecule has 0 radical (unpaired) electrons.